The monoisotopic (exact) mass is 507 g/mol. The lowest BCUT2D eigenvalue weighted by molar-refractivity contribution is -0.139. The van der Waals surface area contributed by atoms with E-state index in [0.29, 0.717) is 12.1 Å². The smallest absolute Gasteiger partial charge is 0.245 e. The number of carbonyl (C=O) groups is 2. The molecule has 3 fully saturated rings. The van der Waals surface area contributed by atoms with Crippen molar-refractivity contribution in [1.29, 1.82) is 0 Å². The minimum absolute atomic E-state index is 0.0825. The van der Waals surface area contributed by atoms with Gasteiger partial charge in [-0.25, -0.2) is 0 Å². The number of aromatic nitrogens is 1. The molecule has 1 aromatic heterocycles. The molecule has 202 valence electrons. The highest BCUT2D eigenvalue weighted by Crippen LogP contribution is 2.44. The molecule has 2 aliphatic heterocycles. The summed E-state index contributed by atoms with van der Waals surface area (Å²) < 4.78 is 0. The largest absolute Gasteiger partial charge is 0.361 e. The van der Waals surface area contributed by atoms with Gasteiger partial charge in [0.25, 0.3) is 0 Å². The van der Waals surface area contributed by atoms with E-state index in [0.717, 1.165) is 45.2 Å². The van der Waals surface area contributed by atoms with Crippen LogP contribution < -0.4 is 10.6 Å². The van der Waals surface area contributed by atoms with Gasteiger partial charge >= 0.3 is 0 Å². The lowest BCUT2D eigenvalue weighted by atomic mass is 9.82. The van der Waals surface area contributed by atoms with Crippen molar-refractivity contribution in [2.75, 3.05) is 20.1 Å². The van der Waals surface area contributed by atoms with E-state index >= 15 is 0 Å². The van der Waals surface area contributed by atoms with E-state index in [-0.39, 0.29) is 35.7 Å². The van der Waals surface area contributed by atoms with E-state index in [1.165, 1.54) is 28.5 Å². The Labute approximate surface area is 221 Å². The Hall–Kier alpha value is -2.38. The molecule has 3 heterocycles. The Balaban J connectivity index is 1.48. The van der Waals surface area contributed by atoms with Crippen molar-refractivity contribution in [3.8, 4) is 0 Å². The summed E-state index contributed by atoms with van der Waals surface area (Å²) in [5.41, 5.74) is 3.72. The molecule has 7 nitrogen and oxygen atoms in total. The van der Waals surface area contributed by atoms with E-state index in [9.17, 15) is 9.59 Å². The molecule has 2 amide bonds. The summed E-state index contributed by atoms with van der Waals surface area (Å²) in [5.74, 6) is 0.503. The number of nitrogens with zero attached hydrogens (tertiary/aromatic N) is 2. The van der Waals surface area contributed by atoms with Gasteiger partial charge in [-0.2, -0.15) is 0 Å². The molecule has 5 atom stereocenters. The van der Waals surface area contributed by atoms with Gasteiger partial charge in [-0.1, -0.05) is 31.4 Å². The van der Waals surface area contributed by atoms with E-state index in [2.05, 4.69) is 70.6 Å². The van der Waals surface area contributed by atoms with E-state index in [1.54, 1.807) is 7.05 Å². The molecule has 2 saturated heterocycles. The molecule has 5 rings (SSSR count). The zero-order chi connectivity index (χ0) is 26.3. The molecule has 1 aromatic carbocycles. The van der Waals surface area contributed by atoms with E-state index in [4.69, 9.17) is 0 Å². The number of amides is 2. The molecule has 3 N–H and O–H groups in total. The molecule has 7 heteroatoms. The van der Waals surface area contributed by atoms with Crippen molar-refractivity contribution in [3.63, 3.8) is 0 Å². The summed E-state index contributed by atoms with van der Waals surface area (Å²) in [6.07, 6.45) is 8.67. The quantitative estimate of drug-likeness (QED) is 0.531. The fraction of sp³-hybridized carbons (Fsp3) is 0.667. The van der Waals surface area contributed by atoms with Crippen LogP contribution in [0.3, 0.4) is 0 Å². The Kier molecular flexibility index (Phi) is 7.64. The second kappa shape index (κ2) is 10.8. The third kappa shape index (κ3) is 4.92. The number of aromatic amines is 1. The van der Waals surface area contributed by atoms with Gasteiger partial charge < -0.3 is 20.5 Å². The van der Waals surface area contributed by atoms with Gasteiger partial charge in [0, 0.05) is 48.2 Å². The highest BCUT2D eigenvalue weighted by atomic mass is 16.2. The molecule has 0 unspecified atom stereocenters. The first-order chi connectivity index (χ1) is 17.8. The van der Waals surface area contributed by atoms with Crippen LogP contribution >= 0.6 is 0 Å². The highest BCUT2D eigenvalue weighted by Gasteiger charge is 2.53. The van der Waals surface area contributed by atoms with Crippen molar-refractivity contribution in [2.24, 2.45) is 5.92 Å². The van der Waals surface area contributed by atoms with Crippen molar-refractivity contribution in [3.05, 3.63) is 35.5 Å². The number of nitrogens with one attached hydrogen (secondary N) is 3. The van der Waals surface area contributed by atoms with Crippen molar-refractivity contribution < 1.29 is 9.59 Å². The minimum Gasteiger partial charge on any atom is -0.361 e. The van der Waals surface area contributed by atoms with Crippen molar-refractivity contribution >= 4 is 22.7 Å². The molecule has 0 bridgehead atoms. The number of rotatable bonds is 7. The average molecular weight is 508 g/mol. The van der Waals surface area contributed by atoms with Crippen LogP contribution in [0, 0.1) is 12.8 Å². The first kappa shape index (κ1) is 26.2. The Morgan fingerprint density at radius 1 is 1.08 bits per heavy atom. The highest BCUT2D eigenvalue weighted by molar-refractivity contribution is 5.90. The zero-order valence-corrected chi connectivity index (χ0v) is 23.2. The number of likely N-dealkylation sites (tertiary alicyclic amines) is 2. The minimum atomic E-state index is -0.443. The van der Waals surface area contributed by atoms with E-state index in [1.807, 2.05) is 6.92 Å². The molecule has 1 aliphatic carbocycles. The lowest BCUT2D eigenvalue weighted by Gasteiger charge is -2.36. The number of H-pyrrole nitrogens is 1. The Morgan fingerprint density at radius 3 is 2.54 bits per heavy atom. The van der Waals surface area contributed by atoms with E-state index < -0.39 is 6.04 Å². The molecule has 37 heavy (non-hydrogen) atoms. The summed E-state index contributed by atoms with van der Waals surface area (Å²) in [4.78, 5) is 35.7. The third-order valence-electron chi connectivity index (χ3n) is 9.39. The number of aryl methyl sites for hydroxylation is 1. The number of fused-ring (bicyclic) bond motifs is 2. The van der Waals surface area contributed by atoms with Crippen LogP contribution in [-0.2, 0) is 9.59 Å². The topological polar surface area (TPSA) is 80.5 Å². The first-order valence-electron chi connectivity index (χ1n) is 14.4. The first-order valence-corrected chi connectivity index (χ1v) is 14.4. The van der Waals surface area contributed by atoms with Crippen LogP contribution in [-0.4, -0.2) is 76.9 Å². The molecule has 0 spiro atoms. The van der Waals surface area contributed by atoms with Gasteiger partial charge in [-0.3, -0.25) is 14.5 Å². The molecule has 2 aromatic rings. The summed E-state index contributed by atoms with van der Waals surface area (Å²) in [5, 5.41) is 7.50. The van der Waals surface area contributed by atoms with Gasteiger partial charge in [0.2, 0.25) is 11.8 Å². The van der Waals surface area contributed by atoms with Crippen molar-refractivity contribution in [1.82, 2.24) is 25.4 Å². The SMILES string of the molecule is CN[C@@H](C)C(=O)N[C@H](C(=O)N1CC[C@@H]2[C@H]1[C@@H](c1c[nH]c3cc(C)ccc13)CN2C(C)C)C1CCCCC1. The summed E-state index contributed by atoms with van der Waals surface area (Å²) in [6.45, 7) is 10.2. The van der Waals surface area contributed by atoms with Gasteiger partial charge in [0.1, 0.15) is 6.04 Å². The molecular formula is C30H45N5O2. The third-order valence-corrected chi connectivity index (χ3v) is 9.39. The second-order valence-electron chi connectivity index (χ2n) is 12.0. The van der Waals surface area contributed by atoms with Gasteiger partial charge in [0.05, 0.1) is 12.1 Å². The summed E-state index contributed by atoms with van der Waals surface area (Å²) in [7, 11) is 1.79. The van der Waals surface area contributed by atoms with Crippen LogP contribution in [0.15, 0.2) is 24.4 Å². The summed E-state index contributed by atoms with van der Waals surface area (Å²) in [6, 6.07) is 6.75. The molecule has 1 saturated carbocycles. The maximum atomic E-state index is 14.4. The maximum absolute atomic E-state index is 14.4. The summed E-state index contributed by atoms with van der Waals surface area (Å²) >= 11 is 0. The fourth-order valence-electron chi connectivity index (χ4n) is 7.26. The molecular weight excluding hydrogens is 462 g/mol. The number of carbonyl (C=O) groups excluding carboxylic acids is 2. The van der Waals surface area contributed by atoms with Gasteiger partial charge in [-0.05, 0) is 77.1 Å². The van der Waals surface area contributed by atoms with Crippen LogP contribution in [0.1, 0.15) is 76.3 Å². The van der Waals surface area contributed by atoms with Crippen LogP contribution in [0.5, 0.6) is 0 Å². The molecule has 3 aliphatic rings. The number of hydrogen-bond donors (Lipinski definition) is 3. The second-order valence-corrected chi connectivity index (χ2v) is 12.0. The number of likely N-dealkylation sites (N-methyl/N-ethyl adjacent to an activating group) is 1. The zero-order valence-electron chi connectivity index (χ0n) is 23.2. The average Bonchev–Trinajstić information content (AvgIpc) is 3.60. The fourth-order valence-corrected chi connectivity index (χ4v) is 7.26. The maximum Gasteiger partial charge on any atom is 0.245 e. The van der Waals surface area contributed by atoms with Crippen LogP contribution in [0.4, 0.5) is 0 Å². The number of hydrogen-bond acceptors (Lipinski definition) is 4. The van der Waals surface area contributed by atoms with Crippen molar-refractivity contribution in [2.45, 2.75) is 102 Å². The standard InChI is InChI=1S/C30H45N5O2/c1-18(2)35-17-24(23-16-32-25-15-19(3)11-12-22(23)25)28-26(35)13-14-34(28)30(37)27(21-9-7-6-8-10-21)33-29(36)20(4)31-5/h11-12,15-16,18,20-21,24,26-28,31-32H,6-10,13-14,17H2,1-5H3,(H,33,36)/t20-,24+,26+,27-,28+/m0/s1. The van der Waals surface area contributed by atoms with Crippen LogP contribution in [0.25, 0.3) is 10.9 Å². The normalized spacial score (nSPS) is 26.5. The predicted octanol–water partition coefficient (Wildman–Crippen LogP) is 3.93. The van der Waals surface area contributed by atoms with Gasteiger partial charge in [0.15, 0.2) is 0 Å². The van der Waals surface area contributed by atoms with Gasteiger partial charge in [-0.15, -0.1) is 0 Å². The predicted molar refractivity (Wildman–Crippen MR) is 149 cm³/mol. The molecule has 0 radical (unpaired) electrons. The Morgan fingerprint density at radius 2 is 1.84 bits per heavy atom. The lowest BCUT2D eigenvalue weighted by Crippen LogP contribution is -2.57. The van der Waals surface area contributed by atoms with Crippen LogP contribution in [0.2, 0.25) is 0 Å². The number of benzene rings is 1. The Bertz CT molecular complexity index is 1120.